The van der Waals surface area contributed by atoms with Crippen LogP contribution in [0.1, 0.15) is 53.8 Å². The minimum absolute atomic E-state index is 0.0755. The standard InChI is InChI=1S/C20H27N5O/c1-15(13-24-12-10-16-7-4-5-8-17(16)14-24)21-20(26)19-23-22-18-9-3-2-6-11-25(18)19/h4-5,7-8,15H,2-3,6,9-14H2,1H3,(H,21,26)/t15-/m0/s1. The number of amides is 1. The molecule has 0 spiro atoms. The summed E-state index contributed by atoms with van der Waals surface area (Å²) < 4.78 is 2.01. The maximum atomic E-state index is 12.7. The molecule has 138 valence electrons. The van der Waals surface area contributed by atoms with E-state index in [2.05, 4.69) is 51.6 Å². The number of aryl methyl sites for hydroxylation is 1. The Hall–Kier alpha value is -2.21. The first kappa shape index (κ1) is 17.2. The van der Waals surface area contributed by atoms with E-state index < -0.39 is 0 Å². The molecule has 1 atom stereocenters. The van der Waals surface area contributed by atoms with Gasteiger partial charge in [-0.05, 0) is 37.3 Å². The third-order valence-electron chi connectivity index (χ3n) is 5.43. The average molecular weight is 353 g/mol. The van der Waals surface area contributed by atoms with E-state index in [1.807, 2.05) is 4.57 Å². The summed E-state index contributed by atoms with van der Waals surface area (Å²) in [6, 6.07) is 8.71. The van der Waals surface area contributed by atoms with E-state index in [-0.39, 0.29) is 11.9 Å². The van der Waals surface area contributed by atoms with Crippen molar-refractivity contribution < 1.29 is 4.79 Å². The lowest BCUT2D eigenvalue weighted by Crippen LogP contribution is -2.44. The molecule has 26 heavy (non-hydrogen) atoms. The van der Waals surface area contributed by atoms with E-state index in [0.717, 1.165) is 57.7 Å². The average Bonchev–Trinajstić information content (AvgIpc) is 2.90. The van der Waals surface area contributed by atoms with Crippen molar-refractivity contribution in [2.75, 3.05) is 13.1 Å². The summed E-state index contributed by atoms with van der Waals surface area (Å²) in [6.45, 7) is 5.76. The van der Waals surface area contributed by atoms with Crippen LogP contribution in [0, 0.1) is 0 Å². The molecule has 0 saturated carbocycles. The minimum Gasteiger partial charge on any atom is -0.346 e. The minimum atomic E-state index is -0.101. The van der Waals surface area contributed by atoms with Crippen LogP contribution in [-0.4, -0.2) is 44.7 Å². The lowest BCUT2D eigenvalue weighted by atomic mass is 10.00. The van der Waals surface area contributed by atoms with E-state index in [1.54, 1.807) is 0 Å². The molecule has 0 saturated heterocycles. The fourth-order valence-corrected chi connectivity index (χ4v) is 4.08. The van der Waals surface area contributed by atoms with Crippen molar-refractivity contribution >= 4 is 5.91 Å². The molecule has 1 aromatic heterocycles. The number of rotatable bonds is 4. The summed E-state index contributed by atoms with van der Waals surface area (Å²) in [6.07, 6.45) is 5.41. The molecule has 2 aliphatic rings. The van der Waals surface area contributed by atoms with Gasteiger partial charge in [-0.25, -0.2) is 0 Å². The Morgan fingerprint density at radius 1 is 1.12 bits per heavy atom. The van der Waals surface area contributed by atoms with Crippen LogP contribution in [0.2, 0.25) is 0 Å². The van der Waals surface area contributed by atoms with Crippen molar-refractivity contribution in [3.05, 3.63) is 47.0 Å². The van der Waals surface area contributed by atoms with Crippen LogP contribution in [0.3, 0.4) is 0 Å². The first-order valence-corrected chi connectivity index (χ1v) is 9.73. The van der Waals surface area contributed by atoms with Crippen LogP contribution < -0.4 is 5.32 Å². The van der Waals surface area contributed by atoms with Crippen molar-refractivity contribution in [3.63, 3.8) is 0 Å². The van der Waals surface area contributed by atoms with Gasteiger partial charge >= 0.3 is 0 Å². The molecule has 0 radical (unpaired) electrons. The molecule has 0 fully saturated rings. The Morgan fingerprint density at radius 2 is 1.96 bits per heavy atom. The van der Waals surface area contributed by atoms with Gasteiger partial charge in [0.1, 0.15) is 5.82 Å². The molecule has 3 heterocycles. The van der Waals surface area contributed by atoms with Gasteiger partial charge in [0.15, 0.2) is 0 Å². The van der Waals surface area contributed by atoms with E-state index in [0.29, 0.717) is 5.82 Å². The lowest BCUT2D eigenvalue weighted by Gasteiger charge is -2.31. The van der Waals surface area contributed by atoms with Crippen molar-refractivity contribution in [2.24, 2.45) is 0 Å². The van der Waals surface area contributed by atoms with Gasteiger partial charge in [-0.1, -0.05) is 30.7 Å². The highest BCUT2D eigenvalue weighted by Gasteiger charge is 2.23. The van der Waals surface area contributed by atoms with Crippen molar-refractivity contribution in [3.8, 4) is 0 Å². The van der Waals surface area contributed by atoms with Gasteiger partial charge in [-0.3, -0.25) is 9.69 Å². The van der Waals surface area contributed by atoms with E-state index in [4.69, 9.17) is 0 Å². The quantitative estimate of drug-likeness (QED) is 0.915. The third kappa shape index (κ3) is 3.65. The predicted octanol–water partition coefficient (Wildman–Crippen LogP) is 2.18. The monoisotopic (exact) mass is 353 g/mol. The second kappa shape index (κ2) is 7.58. The van der Waals surface area contributed by atoms with Gasteiger partial charge < -0.3 is 9.88 Å². The Morgan fingerprint density at radius 3 is 2.85 bits per heavy atom. The number of aromatic nitrogens is 3. The first-order chi connectivity index (χ1) is 12.7. The maximum absolute atomic E-state index is 12.7. The molecule has 0 aliphatic carbocycles. The number of nitrogens with one attached hydrogen (secondary N) is 1. The summed E-state index contributed by atoms with van der Waals surface area (Å²) in [4.78, 5) is 15.1. The number of hydrogen-bond donors (Lipinski definition) is 1. The van der Waals surface area contributed by atoms with Crippen molar-refractivity contribution in [2.45, 2.75) is 58.2 Å². The van der Waals surface area contributed by atoms with Gasteiger partial charge in [-0.2, -0.15) is 0 Å². The fourth-order valence-electron chi connectivity index (χ4n) is 4.08. The van der Waals surface area contributed by atoms with Gasteiger partial charge in [0.2, 0.25) is 5.82 Å². The maximum Gasteiger partial charge on any atom is 0.289 e. The molecule has 2 aromatic rings. The van der Waals surface area contributed by atoms with Crippen molar-refractivity contribution in [1.82, 2.24) is 25.0 Å². The highest BCUT2D eigenvalue weighted by molar-refractivity contribution is 5.90. The molecular weight excluding hydrogens is 326 g/mol. The Bertz CT molecular complexity index is 784. The Labute approximate surface area is 154 Å². The molecule has 0 bridgehead atoms. The normalized spacial score (nSPS) is 18.5. The fraction of sp³-hybridized carbons (Fsp3) is 0.550. The molecule has 2 aliphatic heterocycles. The molecule has 0 unspecified atom stereocenters. The largest absolute Gasteiger partial charge is 0.346 e. The Balaban J connectivity index is 1.36. The number of fused-ring (bicyclic) bond motifs is 2. The molecule has 6 nitrogen and oxygen atoms in total. The zero-order valence-corrected chi connectivity index (χ0v) is 15.4. The molecule has 1 N–H and O–H groups in total. The second-order valence-electron chi connectivity index (χ2n) is 7.53. The van der Waals surface area contributed by atoms with Gasteiger partial charge in [0.25, 0.3) is 5.91 Å². The number of nitrogens with zero attached hydrogens (tertiary/aromatic N) is 4. The van der Waals surface area contributed by atoms with Crippen molar-refractivity contribution in [1.29, 1.82) is 0 Å². The summed E-state index contributed by atoms with van der Waals surface area (Å²) in [5.74, 6) is 1.32. The highest BCUT2D eigenvalue weighted by atomic mass is 16.2. The molecule has 4 rings (SSSR count). The number of hydrogen-bond acceptors (Lipinski definition) is 4. The lowest BCUT2D eigenvalue weighted by molar-refractivity contribution is 0.0911. The number of carbonyl (C=O) groups is 1. The summed E-state index contributed by atoms with van der Waals surface area (Å²) in [5.41, 5.74) is 2.85. The summed E-state index contributed by atoms with van der Waals surface area (Å²) in [7, 11) is 0. The molecule has 1 aromatic carbocycles. The third-order valence-corrected chi connectivity index (χ3v) is 5.43. The second-order valence-corrected chi connectivity index (χ2v) is 7.53. The van der Waals surface area contributed by atoms with E-state index >= 15 is 0 Å². The summed E-state index contributed by atoms with van der Waals surface area (Å²) in [5, 5.41) is 11.5. The van der Waals surface area contributed by atoms with Crippen LogP contribution in [0.25, 0.3) is 0 Å². The zero-order valence-electron chi connectivity index (χ0n) is 15.4. The predicted molar refractivity (Wildman–Crippen MR) is 99.9 cm³/mol. The zero-order chi connectivity index (χ0) is 17.9. The van der Waals surface area contributed by atoms with Gasteiger partial charge in [0.05, 0.1) is 0 Å². The van der Waals surface area contributed by atoms with Crippen LogP contribution >= 0.6 is 0 Å². The smallest absolute Gasteiger partial charge is 0.289 e. The highest BCUT2D eigenvalue weighted by Crippen LogP contribution is 2.18. The van der Waals surface area contributed by atoms with Gasteiger partial charge in [-0.15, -0.1) is 10.2 Å². The topological polar surface area (TPSA) is 63.1 Å². The Kier molecular flexibility index (Phi) is 5.02. The van der Waals surface area contributed by atoms with E-state index in [1.165, 1.54) is 17.5 Å². The molecular formula is C20H27N5O. The first-order valence-electron chi connectivity index (χ1n) is 9.73. The van der Waals surface area contributed by atoms with Crippen LogP contribution in [0.5, 0.6) is 0 Å². The van der Waals surface area contributed by atoms with Gasteiger partial charge in [0, 0.05) is 38.6 Å². The SMILES string of the molecule is C[C@@H](CN1CCc2ccccc2C1)NC(=O)c1nnc2n1CCCCC2. The summed E-state index contributed by atoms with van der Waals surface area (Å²) >= 11 is 0. The van der Waals surface area contributed by atoms with Crippen LogP contribution in [0.4, 0.5) is 0 Å². The van der Waals surface area contributed by atoms with Crippen LogP contribution in [0.15, 0.2) is 24.3 Å². The number of carbonyl (C=O) groups excluding carboxylic acids is 1. The van der Waals surface area contributed by atoms with E-state index in [9.17, 15) is 4.79 Å². The molecule has 1 amide bonds. The van der Waals surface area contributed by atoms with Crippen LogP contribution in [-0.2, 0) is 25.9 Å². The molecule has 6 heteroatoms. The number of benzene rings is 1.